The fourth-order valence-electron chi connectivity index (χ4n) is 4.10. The number of anilines is 4. The third-order valence-electron chi connectivity index (χ3n) is 5.73. The molecule has 29 heavy (non-hydrogen) atoms. The zero-order valence-electron chi connectivity index (χ0n) is 17.1. The van der Waals surface area contributed by atoms with Crippen molar-refractivity contribution in [2.75, 3.05) is 54.5 Å². The first kappa shape index (κ1) is 19.7. The molecule has 0 bridgehead atoms. The van der Waals surface area contributed by atoms with Crippen LogP contribution in [0.5, 0.6) is 0 Å². The zero-order valence-corrected chi connectivity index (χ0v) is 17.1. The lowest BCUT2D eigenvalue weighted by Crippen LogP contribution is -2.29. The Hall–Kier alpha value is -2.61. The van der Waals surface area contributed by atoms with Crippen LogP contribution in [0, 0.1) is 5.92 Å². The number of nitrogen functional groups attached to an aromatic ring is 1. The van der Waals surface area contributed by atoms with E-state index in [0.717, 1.165) is 32.4 Å². The molecule has 1 amide bonds. The highest BCUT2D eigenvalue weighted by Crippen LogP contribution is 2.32. The van der Waals surface area contributed by atoms with Gasteiger partial charge < -0.3 is 21.3 Å². The summed E-state index contributed by atoms with van der Waals surface area (Å²) in [7, 11) is 1.99. The SMILES string of the molecule is CN(CC1C=C(CN2CCCC2)C=CC1)c1nc(NC2CC2)nc(N)c1NC=O. The van der Waals surface area contributed by atoms with Gasteiger partial charge in [0.25, 0.3) is 0 Å². The second kappa shape index (κ2) is 8.82. The van der Waals surface area contributed by atoms with E-state index in [1.165, 1.54) is 31.5 Å². The van der Waals surface area contributed by atoms with Gasteiger partial charge in [0.05, 0.1) is 0 Å². The van der Waals surface area contributed by atoms with Gasteiger partial charge >= 0.3 is 0 Å². The minimum Gasteiger partial charge on any atom is -0.382 e. The fraction of sp³-hybridized carbons (Fsp3) is 0.571. The fourth-order valence-corrected chi connectivity index (χ4v) is 4.10. The predicted octanol–water partition coefficient (Wildman–Crippen LogP) is 2.24. The normalized spacial score (nSPS) is 21.7. The van der Waals surface area contributed by atoms with E-state index in [1.807, 2.05) is 7.05 Å². The van der Waals surface area contributed by atoms with Crippen LogP contribution in [0.2, 0.25) is 0 Å². The van der Waals surface area contributed by atoms with Crippen molar-refractivity contribution in [2.45, 2.75) is 38.1 Å². The molecule has 0 spiro atoms. The molecule has 0 radical (unpaired) electrons. The molecule has 8 heteroatoms. The largest absolute Gasteiger partial charge is 0.382 e. The van der Waals surface area contributed by atoms with Crippen molar-refractivity contribution in [3.63, 3.8) is 0 Å². The summed E-state index contributed by atoms with van der Waals surface area (Å²) < 4.78 is 0. The number of carbonyl (C=O) groups is 1. The molecule has 4 N–H and O–H groups in total. The molecule has 2 fully saturated rings. The molecule has 1 saturated heterocycles. The van der Waals surface area contributed by atoms with Crippen molar-refractivity contribution in [3.8, 4) is 0 Å². The van der Waals surface area contributed by atoms with Gasteiger partial charge in [-0.05, 0) is 56.7 Å². The molecule has 2 heterocycles. The van der Waals surface area contributed by atoms with Crippen LogP contribution < -0.4 is 21.3 Å². The van der Waals surface area contributed by atoms with Gasteiger partial charge in [-0.3, -0.25) is 9.69 Å². The second-order valence-electron chi connectivity index (χ2n) is 8.32. The molecule has 8 nitrogen and oxygen atoms in total. The summed E-state index contributed by atoms with van der Waals surface area (Å²) >= 11 is 0. The lowest BCUT2D eigenvalue weighted by Gasteiger charge is -2.27. The topological polar surface area (TPSA) is 99.4 Å². The molecule has 1 unspecified atom stereocenters. The molecule has 3 aliphatic rings. The molecule has 4 rings (SSSR count). The predicted molar refractivity (Wildman–Crippen MR) is 117 cm³/mol. The first-order chi connectivity index (χ1) is 14.1. The van der Waals surface area contributed by atoms with E-state index in [9.17, 15) is 4.79 Å². The molecule has 1 aliphatic heterocycles. The van der Waals surface area contributed by atoms with Crippen LogP contribution in [0.4, 0.5) is 23.3 Å². The third kappa shape index (κ3) is 5.06. The number of hydrogen-bond acceptors (Lipinski definition) is 7. The number of hydrogen-bond donors (Lipinski definition) is 3. The highest BCUT2D eigenvalue weighted by molar-refractivity contribution is 5.86. The maximum atomic E-state index is 11.1. The van der Waals surface area contributed by atoms with E-state index in [0.29, 0.717) is 35.8 Å². The Morgan fingerprint density at radius 2 is 2.10 bits per heavy atom. The van der Waals surface area contributed by atoms with Gasteiger partial charge in [0.15, 0.2) is 11.6 Å². The minimum absolute atomic E-state index is 0.283. The molecule has 1 aromatic heterocycles. The molecule has 2 aliphatic carbocycles. The molecule has 0 aromatic carbocycles. The quantitative estimate of drug-likeness (QED) is 0.550. The summed E-state index contributed by atoms with van der Waals surface area (Å²) in [6, 6.07) is 0.428. The molecule has 1 atom stereocenters. The number of likely N-dealkylation sites (tertiary alicyclic amines) is 1. The Morgan fingerprint density at radius 1 is 1.31 bits per heavy atom. The van der Waals surface area contributed by atoms with Crippen molar-refractivity contribution < 1.29 is 4.79 Å². The van der Waals surface area contributed by atoms with Gasteiger partial charge in [-0.2, -0.15) is 9.97 Å². The average Bonchev–Trinajstić information content (AvgIpc) is 3.36. The maximum absolute atomic E-state index is 11.1. The van der Waals surface area contributed by atoms with Gasteiger partial charge in [-0.15, -0.1) is 0 Å². The highest BCUT2D eigenvalue weighted by atomic mass is 16.1. The number of rotatable bonds is 9. The van der Waals surface area contributed by atoms with Crippen LogP contribution >= 0.6 is 0 Å². The summed E-state index contributed by atoms with van der Waals surface area (Å²) in [5.74, 6) is 1.85. The van der Waals surface area contributed by atoms with Crippen LogP contribution in [0.3, 0.4) is 0 Å². The van der Waals surface area contributed by atoms with Crippen LogP contribution in [-0.4, -0.2) is 60.5 Å². The number of nitrogens with two attached hydrogens (primary N) is 1. The summed E-state index contributed by atoms with van der Waals surface area (Å²) in [5, 5.41) is 5.98. The first-order valence-corrected chi connectivity index (χ1v) is 10.6. The van der Waals surface area contributed by atoms with Crippen LogP contribution in [0.15, 0.2) is 23.8 Å². The zero-order chi connectivity index (χ0) is 20.2. The smallest absolute Gasteiger partial charge is 0.226 e. The Morgan fingerprint density at radius 3 is 2.83 bits per heavy atom. The Bertz CT molecular complexity index is 796. The van der Waals surface area contributed by atoms with E-state index in [-0.39, 0.29) is 5.82 Å². The Labute approximate surface area is 172 Å². The maximum Gasteiger partial charge on any atom is 0.226 e. The van der Waals surface area contributed by atoms with Crippen molar-refractivity contribution in [3.05, 3.63) is 23.8 Å². The van der Waals surface area contributed by atoms with Crippen LogP contribution in [-0.2, 0) is 4.79 Å². The van der Waals surface area contributed by atoms with E-state index in [2.05, 4.69) is 48.6 Å². The highest BCUT2D eigenvalue weighted by Gasteiger charge is 2.25. The summed E-state index contributed by atoms with van der Waals surface area (Å²) in [6.07, 6.45) is 13.4. The molecular weight excluding hydrogens is 366 g/mol. The summed E-state index contributed by atoms with van der Waals surface area (Å²) in [6.45, 7) is 4.23. The lowest BCUT2D eigenvalue weighted by molar-refractivity contribution is -0.105. The average molecular weight is 398 g/mol. The summed E-state index contributed by atoms with van der Waals surface area (Å²) in [4.78, 5) is 24.6. The molecule has 1 aromatic rings. The van der Waals surface area contributed by atoms with Crippen molar-refractivity contribution >= 4 is 29.7 Å². The minimum atomic E-state index is 0.283. The molecular formula is C21H31N7O. The molecule has 156 valence electrons. The monoisotopic (exact) mass is 397 g/mol. The number of allylic oxidation sites excluding steroid dienone is 1. The van der Waals surface area contributed by atoms with Crippen molar-refractivity contribution in [1.29, 1.82) is 0 Å². The van der Waals surface area contributed by atoms with Gasteiger partial charge in [0, 0.05) is 26.2 Å². The lowest BCUT2D eigenvalue weighted by atomic mass is 9.95. The summed E-state index contributed by atoms with van der Waals surface area (Å²) in [5.41, 5.74) is 7.98. The van der Waals surface area contributed by atoms with Crippen LogP contribution in [0.25, 0.3) is 0 Å². The van der Waals surface area contributed by atoms with E-state index < -0.39 is 0 Å². The molecule has 1 saturated carbocycles. The number of carbonyl (C=O) groups excluding carboxylic acids is 1. The third-order valence-corrected chi connectivity index (χ3v) is 5.73. The van der Waals surface area contributed by atoms with Gasteiger partial charge in [0.2, 0.25) is 12.4 Å². The second-order valence-corrected chi connectivity index (χ2v) is 8.32. The van der Waals surface area contributed by atoms with Gasteiger partial charge in [0.1, 0.15) is 5.69 Å². The van der Waals surface area contributed by atoms with Gasteiger partial charge in [-0.1, -0.05) is 18.2 Å². The Balaban J connectivity index is 1.48. The van der Waals surface area contributed by atoms with Gasteiger partial charge in [-0.25, -0.2) is 0 Å². The number of aromatic nitrogens is 2. The first-order valence-electron chi connectivity index (χ1n) is 10.6. The van der Waals surface area contributed by atoms with Crippen molar-refractivity contribution in [1.82, 2.24) is 14.9 Å². The van der Waals surface area contributed by atoms with Crippen LogP contribution in [0.1, 0.15) is 32.1 Å². The van der Waals surface area contributed by atoms with Crippen molar-refractivity contribution in [2.24, 2.45) is 5.92 Å². The van der Waals surface area contributed by atoms with E-state index in [4.69, 9.17) is 5.73 Å². The number of nitrogens with one attached hydrogen (secondary N) is 2. The van der Waals surface area contributed by atoms with E-state index in [1.54, 1.807) is 0 Å². The standard InChI is InChI=1S/C21H31N7O/c1-27(12-15-5-4-6-16(11-15)13-28-9-2-3-10-28)20-18(23-14-29)19(22)25-21(26-20)24-17-7-8-17/h4,6,11,14-15,17H,2-3,5,7-10,12-13H2,1H3,(H,23,29)(H3,22,24,25,26). The number of amides is 1. The number of nitrogens with zero attached hydrogens (tertiary/aromatic N) is 4. The Kier molecular flexibility index (Phi) is 5.99. The van der Waals surface area contributed by atoms with E-state index >= 15 is 0 Å².